The Kier molecular flexibility index (Phi) is 9.65. The molecule has 0 aromatic heterocycles. The lowest BCUT2D eigenvalue weighted by Gasteiger charge is -2.16. The van der Waals surface area contributed by atoms with Gasteiger partial charge in [0.15, 0.2) is 0 Å². The van der Waals surface area contributed by atoms with Gasteiger partial charge in [0, 0.05) is 6.92 Å². The SMILES string of the molecule is CCCCCCC(CCCC)OC(C)=O. The van der Waals surface area contributed by atoms with Crippen LogP contribution in [0.1, 0.15) is 72.1 Å². The van der Waals surface area contributed by atoms with Gasteiger partial charge in [0.2, 0.25) is 0 Å². The molecule has 0 N–H and O–H groups in total. The maximum atomic E-state index is 10.9. The van der Waals surface area contributed by atoms with Gasteiger partial charge in [-0.1, -0.05) is 46.0 Å². The highest BCUT2D eigenvalue weighted by Gasteiger charge is 2.10. The summed E-state index contributed by atoms with van der Waals surface area (Å²) in [6.07, 6.45) is 9.57. The molecule has 2 heteroatoms. The van der Waals surface area contributed by atoms with Crippen LogP contribution in [0.4, 0.5) is 0 Å². The molecule has 0 fully saturated rings. The molecule has 0 bridgehead atoms. The minimum Gasteiger partial charge on any atom is -0.463 e. The van der Waals surface area contributed by atoms with Crippen LogP contribution in [0.5, 0.6) is 0 Å². The fourth-order valence-corrected chi connectivity index (χ4v) is 1.73. The Labute approximate surface area is 94.4 Å². The highest BCUT2D eigenvalue weighted by molar-refractivity contribution is 5.66. The Bertz CT molecular complexity index is 155. The van der Waals surface area contributed by atoms with Crippen molar-refractivity contribution in [1.82, 2.24) is 0 Å². The van der Waals surface area contributed by atoms with Crippen LogP contribution in [0.25, 0.3) is 0 Å². The number of carbonyl (C=O) groups is 1. The van der Waals surface area contributed by atoms with E-state index in [2.05, 4.69) is 13.8 Å². The van der Waals surface area contributed by atoms with E-state index < -0.39 is 0 Å². The van der Waals surface area contributed by atoms with Crippen LogP contribution in [-0.4, -0.2) is 12.1 Å². The first-order valence-corrected chi connectivity index (χ1v) is 6.37. The molecule has 0 aliphatic rings. The number of esters is 1. The maximum absolute atomic E-state index is 10.9. The van der Waals surface area contributed by atoms with Crippen LogP contribution in [-0.2, 0) is 9.53 Å². The summed E-state index contributed by atoms with van der Waals surface area (Å²) < 4.78 is 5.29. The van der Waals surface area contributed by atoms with Gasteiger partial charge in [-0.3, -0.25) is 4.79 Å². The molecule has 0 aromatic rings. The fraction of sp³-hybridized carbons (Fsp3) is 0.923. The molecule has 1 atom stereocenters. The van der Waals surface area contributed by atoms with Crippen LogP contribution in [0.3, 0.4) is 0 Å². The third kappa shape index (κ3) is 9.77. The molecule has 0 aliphatic carbocycles. The minimum absolute atomic E-state index is 0.133. The Balaban J connectivity index is 3.64. The molecule has 0 saturated heterocycles. The van der Waals surface area contributed by atoms with Crippen LogP contribution in [0.2, 0.25) is 0 Å². The minimum atomic E-state index is -0.133. The second-order valence-corrected chi connectivity index (χ2v) is 4.22. The Morgan fingerprint density at radius 3 is 2.13 bits per heavy atom. The Morgan fingerprint density at radius 1 is 1.00 bits per heavy atom. The van der Waals surface area contributed by atoms with E-state index in [9.17, 15) is 4.79 Å². The van der Waals surface area contributed by atoms with E-state index >= 15 is 0 Å². The average molecular weight is 214 g/mol. The quantitative estimate of drug-likeness (QED) is 0.427. The van der Waals surface area contributed by atoms with Gasteiger partial charge >= 0.3 is 5.97 Å². The van der Waals surface area contributed by atoms with E-state index in [0.29, 0.717) is 0 Å². The lowest BCUT2D eigenvalue weighted by molar-refractivity contribution is -0.147. The van der Waals surface area contributed by atoms with Gasteiger partial charge in [-0.25, -0.2) is 0 Å². The van der Waals surface area contributed by atoms with E-state index in [0.717, 1.165) is 19.3 Å². The van der Waals surface area contributed by atoms with Crippen molar-refractivity contribution in [3.8, 4) is 0 Å². The van der Waals surface area contributed by atoms with Crippen molar-refractivity contribution in [3.05, 3.63) is 0 Å². The zero-order chi connectivity index (χ0) is 11.5. The number of carbonyl (C=O) groups excluding carboxylic acids is 1. The smallest absolute Gasteiger partial charge is 0.302 e. The molecule has 0 amide bonds. The number of hydrogen-bond donors (Lipinski definition) is 0. The second kappa shape index (κ2) is 10.0. The van der Waals surface area contributed by atoms with Gasteiger partial charge in [0.1, 0.15) is 6.10 Å². The largest absolute Gasteiger partial charge is 0.463 e. The first-order valence-electron chi connectivity index (χ1n) is 6.37. The van der Waals surface area contributed by atoms with E-state index in [-0.39, 0.29) is 12.1 Å². The molecule has 15 heavy (non-hydrogen) atoms. The van der Waals surface area contributed by atoms with Crippen molar-refractivity contribution in [2.45, 2.75) is 78.2 Å². The van der Waals surface area contributed by atoms with Gasteiger partial charge in [0.25, 0.3) is 0 Å². The fourth-order valence-electron chi connectivity index (χ4n) is 1.73. The summed E-state index contributed by atoms with van der Waals surface area (Å²) in [5.41, 5.74) is 0. The van der Waals surface area contributed by atoms with E-state index in [1.165, 1.54) is 39.0 Å². The normalized spacial score (nSPS) is 12.5. The van der Waals surface area contributed by atoms with Crippen molar-refractivity contribution in [3.63, 3.8) is 0 Å². The van der Waals surface area contributed by atoms with Crippen molar-refractivity contribution in [2.24, 2.45) is 0 Å². The first kappa shape index (κ1) is 14.5. The average Bonchev–Trinajstić information content (AvgIpc) is 2.19. The standard InChI is InChI=1S/C13H26O2/c1-4-6-8-9-11-13(10-7-5-2)15-12(3)14/h13H,4-11H2,1-3H3. The third-order valence-electron chi connectivity index (χ3n) is 2.59. The Hall–Kier alpha value is -0.530. The monoisotopic (exact) mass is 214 g/mol. The van der Waals surface area contributed by atoms with Gasteiger partial charge in [-0.05, 0) is 19.3 Å². The van der Waals surface area contributed by atoms with E-state index in [1.54, 1.807) is 0 Å². The van der Waals surface area contributed by atoms with Gasteiger partial charge < -0.3 is 4.74 Å². The van der Waals surface area contributed by atoms with E-state index in [1.807, 2.05) is 0 Å². The second-order valence-electron chi connectivity index (χ2n) is 4.22. The molecule has 0 rings (SSSR count). The molecule has 2 nitrogen and oxygen atoms in total. The zero-order valence-corrected chi connectivity index (χ0v) is 10.6. The van der Waals surface area contributed by atoms with Crippen LogP contribution >= 0.6 is 0 Å². The highest BCUT2D eigenvalue weighted by atomic mass is 16.5. The summed E-state index contributed by atoms with van der Waals surface area (Å²) in [6.45, 7) is 5.88. The van der Waals surface area contributed by atoms with Crippen LogP contribution in [0.15, 0.2) is 0 Å². The summed E-state index contributed by atoms with van der Waals surface area (Å²) in [5.74, 6) is -0.133. The predicted molar refractivity (Wildman–Crippen MR) is 63.8 cm³/mol. The topological polar surface area (TPSA) is 26.3 Å². The molecule has 0 heterocycles. The molecular formula is C13H26O2. The molecule has 0 aromatic carbocycles. The van der Waals surface area contributed by atoms with Crippen molar-refractivity contribution >= 4 is 5.97 Å². The molecule has 0 radical (unpaired) electrons. The predicted octanol–water partition coefficient (Wildman–Crippen LogP) is 4.08. The molecule has 0 aliphatic heterocycles. The van der Waals surface area contributed by atoms with Gasteiger partial charge in [-0.2, -0.15) is 0 Å². The summed E-state index contributed by atoms with van der Waals surface area (Å²) in [7, 11) is 0. The van der Waals surface area contributed by atoms with Crippen molar-refractivity contribution in [1.29, 1.82) is 0 Å². The number of hydrogen-bond acceptors (Lipinski definition) is 2. The molecule has 90 valence electrons. The molecule has 0 spiro atoms. The maximum Gasteiger partial charge on any atom is 0.302 e. The molecular weight excluding hydrogens is 188 g/mol. The Morgan fingerprint density at radius 2 is 1.60 bits per heavy atom. The van der Waals surface area contributed by atoms with Crippen LogP contribution < -0.4 is 0 Å². The number of rotatable bonds is 9. The van der Waals surface area contributed by atoms with Crippen molar-refractivity contribution < 1.29 is 9.53 Å². The summed E-state index contributed by atoms with van der Waals surface area (Å²) in [4.78, 5) is 10.9. The lowest BCUT2D eigenvalue weighted by Crippen LogP contribution is -2.16. The number of ether oxygens (including phenoxy) is 1. The lowest BCUT2D eigenvalue weighted by atomic mass is 10.0. The molecule has 0 saturated carbocycles. The van der Waals surface area contributed by atoms with Gasteiger partial charge in [0.05, 0.1) is 0 Å². The van der Waals surface area contributed by atoms with E-state index in [4.69, 9.17) is 4.74 Å². The summed E-state index contributed by atoms with van der Waals surface area (Å²) in [6, 6.07) is 0. The third-order valence-corrected chi connectivity index (χ3v) is 2.59. The number of unbranched alkanes of at least 4 members (excludes halogenated alkanes) is 4. The van der Waals surface area contributed by atoms with Crippen molar-refractivity contribution in [2.75, 3.05) is 0 Å². The van der Waals surface area contributed by atoms with Gasteiger partial charge in [-0.15, -0.1) is 0 Å². The first-order chi connectivity index (χ1) is 7.20. The highest BCUT2D eigenvalue weighted by Crippen LogP contribution is 2.14. The summed E-state index contributed by atoms with van der Waals surface area (Å²) in [5, 5.41) is 0. The molecule has 1 unspecified atom stereocenters. The van der Waals surface area contributed by atoms with Crippen LogP contribution in [0, 0.1) is 0 Å². The zero-order valence-electron chi connectivity index (χ0n) is 10.6. The summed E-state index contributed by atoms with van der Waals surface area (Å²) >= 11 is 0.